The van der Waals surface area contributed by atoms with E-state index < -0.39 is 8.25 Å². The van der Waals surface area contributed by atoms with Crippen molar-refractivity contribution in [2.75, 3.05) is 38.3 Å². The molecule has 0 aromatic rings. The minimum Gasteiger partial charge on any atom is -0.317 e. The second-order valence-corrected chi connectivity index (χ2v) is 9.85. The van der Waals surface area contributed by atoms with E-state index in [0.29, 0.717) is 19.8 Å². The Morgan fingerprint density at radius 2 is 1.24 bits per heavy atom. The number of likely N-dealkylation sites (N-methyl/N-ethyl adjacent to an activating group) is 1. The van der Waals surface area contributed by atoms with E-state index in [1.54, 1.807) is 0 Å². The highest BCUT2D eigenvalue weighted by molar-refractivity contribution is 7.99. The summed E-state index contributed by atoms with van der Waals surface area (Å²) in [6, 6.07) is 0. The zero-order chi connectivity index (χ0) is 21.3. The van der Waals surface area contributed by atoms with Crippen molar-refractivity contribution in [1.82, 2.24) is 5.32 Å². The van der Waals surface area contributed by atoms with Crippen LogP contribution in [0, 0.1) is 0 Å². The summed E-state index contributed by atoms with van der Waals surface area (Å²) in [4.78, 5) is 4.77. The molecule has 0 aromatic heterocycles. The first-order valence-corrected chi connectivity index (χ1v) is 14.4. The van der Waals surface area contributed by atoms with E-state index in [0.717, 1.165) is 12.2 Å². The fourth-order valence-electron chi connectivity index (χ4n) is 3.07. The van der Waals surface area contributed by atoms with Crippen molar-refractivity contribution >= 4 is 20.0 Å². The van der Waals surface area contributed by atoms with Crippen molar-refractivity contribution in [1.29, 1.82) is 0 Å². The molecule has 0 aliphatic rings. The minimum atomic E-state index is -2.50. The predicted molar refractivity (Wildman–Crippen MR) is 128 cm³/mol. The number of hydrogen-bond acceptors (Lipinski definition) is 6. The Hall–Kier alpha value is 0.420. The molecule has 0 fully saturated rings. The van der Waals surface area contributed by atoms with Crippen LogP contribution >= 0.6 is 20.0 Å². The Morgan fingerprint density at radius 3 is 1.79 bits per heavy atom. The van der Waals surface area contributed by atoms with Crippen LogP contribution in [0.2, 0.25) is 0 Å². The molecule has 0 aliphatic heterocycles. The number of nitrogens with one attached hydrogen (secondary N) is 1. The molecule has 29 heavy (non-hydrogen) atoms. The number of unbranched alkanes of at least 4 members (excludes halogenated alkanes) is 13. The van der Waals surface area contributed by atoms with Gasteiger partial charge >= 0.3 is 8.25 Å². The molecular formula is C22H48NO4PS. The summed E-state index contributed by atoms with van der Waals surface area (Å²) in [5.41, 5.74) is 0. The Bertz CT molecular complexity index is 338. The van der Waals surface area contributed by atoms with Gasteiger partial charge in [0.2, 0.25) is 0 Å². The quantitative estimate of drug-likeness (QED) is 0.0684. The summed E-state index contributed by atoms with van der Waals surface area (Å²) in [6.07, 6.45) is 20.6. The molecule has 0 bridgehead atoms. The van der Waals surface area contributed by atoms with Gasteiger partial charge in [-0.25, -0.2) is 4.89 Å². The first-order valence-electron chi connectivity index (χ1n) is 12.0. The van der Waals surface area contributed by atoms with Crippen LogP contribution in [0.4, 0.5) is 0 Å². The summed E-state index contributed by atoms with van der Waals surface area (Å²) >= 11 is 1.96. The zero-order valence-corrected chi connectivity index (χ0v) is 21.0. The lowest BCUT2D eigenvalue weighted by molar-refractivity contribution is -0.207. The average Bonchev–Trinajstić information content (AvgIpc) is 2.73. The Balaban J connectivity index is 3.07. The number of thioether (sulfide) groups is 1. The molecule has 1 unspecified atom stereocenters. The van der Waals surface area contributed by atoms with Crippen molar-refractivity contribution in [3.05, 3.63) is 0 Å². The third-order valence-corrected chi connectivity index (χ3v) is 6.71. The molecule has 0 saturated carbocycles. The van der Waals surface area contributed by atoms with E-state index in [2.05, 4.69) is 16.9 Å². The van der Waals surface area contributed by atoms with Crippen molar-refractivity contribution in [3.8, 4) is 0 Å². The lowest BCUT2D eigenvalue weighted by atomic mass is 10.0. The second-order valence-electron chi connectivity index (χ2n) is 7.67. The van der Waals surface area contributed by atoms with E-state index >= 15 is 0 Å². The monoisotopic (exact) mass is 453 g/mol. The predicted octanol–water partition coefficient (Wildman–Crippen LogP) is 7.16. The fourth-order valence-corrected chi connectivity index (χ4v) is 4.55. The molecule has 0 aliphatic carbocycles. The number of hydrogen-bond donors (Lipinski definition) is 1. The molecular weight excluding hydrogens is 405 g/mol. The largest absolute Gasteiger partial charge is 0.347 e. The van der Waals surface area contributed by atoms with Crippen LogP contribution in [0.15, 0.2) is 0 Å². The van der Waals surface area contributed by atoms with Gasteiger partial charge in [-0.2, -0.15) is 16.4 Å². The SMILES string of the molecule is CCCCCCCCCCCCCCCCSCCCO[PH](=O)OOCCNC. The molecule has 0 amide bonds. The highest BCUT2D eigenvalue weighted by Gasteiger charge is 2.01. The molecule has 1 atom stereocenters. The molecule has 176 valence electrons. The van der Waals surface area contributed by atoms with Gasteiger partial charge in [-0.3, -0.25) is 4.57 Å². The highest BCUT2D eigenvalue weighted by Crippen LogP contribution is 2.24. The molecule has 0 radical (unpaired) electrons. The summed E-state index contributed by atoms with van der Waals surface area (Å²) < 4.78 is 21.2. The van der Waals surface area contributed by atoms with Gasteiger partial charge in [0.1, 0.15) is 0 Å². The van der Waals surface area contributed by atoms with Gasteiger partial charge in [-0.15, -0.1) is 0 Å². The van der Waals surface area contributed by atoms with Crippen molar-refractivity contribution in [2.45, 2.75) is 103 Å². The maximum Gasteiger partial charge on any atom is 0.347 e. The lowest BCUT2D eigenvalue weighted by Gasteiger charge is -2.05. The lowest BCUT2D eigenvalue weighted by Crippen LogP contribution is -2.13. The molecule has 7 heteroatoms. The van der Waals surface area contributed by atoms with Crippen molar-refractivity contribution in [2.24, 2.45) is 0 Å². The van der Waals surface area contributed by atoms with Gasteiger partial charge < -0.3 is 9.84 Å². The smallest absolute Gasteiger partial charge is 0.317 e. The maximum absolute atomic E-state index is 11.4. The molecule has 0 spiro atoms. The third-order valence-electron chi connectivity index (χ3n) is 4.86. The van der Waals surface area contributed by atoms with Crippen molar-refractivity contribution in [3.63, 3.8) is 0 Å². The molecule has 0 saturated heterocycles. The molecule has 1 N–H and O–H groups in total. The van der Waals surface area contributed by atoms with Gasteiger partial charge in [0.25, 0.3) is 0 Å². The summed E-state index contributed by atoms with van der Waals surface area (Å²) in [6.45, 7) is 3.78. The molecule has 5 nitrogen and oxygen atoms in total. The van der Waals surface area contributed by atoms with Crippen LogP contribution in [-0.2, 0) is 18.7 Å². The summed E-state index contributed by atoms with van der Waals surface area (Å²) in [5, 5.41) is 2.91. The van der Waals surface area contributed by atoms with Gasteiger partial charge in [-0.1, -0.05) is 90.4 Å². The molecule has 0 rings (SSSR count). The van der Waals surface area contributed by atoms with Crippen LogP contribution in [0.25, 0.3) is 0 Å². The van der Waals surface area contributed by atoms with Crippen LogP contribution in [0.3, 0.4) is 0 Å². The topological polar surface area (TPSA) is 56.8 Å². The number of rotatable bonds is 25. The van der Waals surface area contributed by atoms with Crippen LogP contribution in [-0.4, -0.2) is 38.3 Å². The average molecular weight is 454 g/mol. The third kappa shape index (κ3) is 26.4. The van der Waals surface area contributed by atoms with Gasteiger partial charge in [-0.05, 0) is 31.4 Å². The Morgan fingerprint density at radius 1 is 0.724 bits per heavy atom. The molecule has 0 heterocycles. The van der Waals surface area contributed by atoms with Crippen LogP contribution in [0.1, 0.15) is 103 Å². The fraction of sp³-hybridized carbons (Fsp3) is 1.00. The highest BCUT2D eigenvalue weighted by atomic mass is 32.2. The minimum absolute atomic E-state index is 0.366. The second kappa shape index (κ2) is 26.5. The van der Waals surface area contributed by atoms with Gasteiger partial charge in [0.15, 0.2) is 0 Å². The summed E-state index contributed by atoms with van der Waals surface area (Å²) in [7, 11) is -0.683. The Labute approximate surface area is 185 Å². The van der Waals surface area contributed by atoms with Crippen LogP contribution < -0.4 is 5.32 Å². The summed E-state index contributed by atoms with van der Waals surface area (Å²) in [5.74, 6) is 2.27. The van der Waals surface area contributed by atoms with E-state index in [9.17, 15) is 4.57 Å². The maximum atomic E-state index is 11.4. The van der Waals surface area contributed by atoms with Gasteiger partial charge in [0, 0.05) is 6.54 Å². The van der Waals surface area contributed by atoms with E-state index in [4.69, 9.17) is 9.41 Å². The normalized spacial score (nSPS) is 12.5. The molecule has 0 aromatic carbocycles. The Kier molecular flexibility index (Phi) is 26.8. The standard InChI is InChI=1S/C22H48NO4PS/c1-3-4-5-6-7-8-9-10-11-12-13-14-15-16-21-29-22-17-19-26-28(24)27-25-20-18-23-2/h23,28H,3-22H2,1-2H3. The van der Waals surface area contributed by atoms with Crippen molar-refractivity contribution < 1.29 is 18.7 Å². The zero-order valence-electron chi connectivity index (χ0n) is 19.2. The van der Waals surface area contributed by atoms with E-state index in [1.807, 2.05) is 18.8 Å². The van der Waals surface area contributed by atoms with E-state index in [1.165, 1.54) is 95.6 Å². The first kappa shape index (κ1) is 29.4. The first-order chi connectivity index (χ1) is 14.3. The van der Waals surface area contributed by atoms with E-state index in [-0.39, 0.29) is 0 Å². The van der Waals surface area contributed by atoms with Gasteiger partial charge in [0.05, 0.1) is 13.2 Å². The van der Waals surface area contributed by atoms with Crippen LogP contribution in [0.5, 0.6) is 0 Å².